The van der Waals surface area contributed by atoms with Crippen LogP contribution in [-0.4, -0.2) is 37.4 Å². The van der Waals surface area contributed by atoms with Crippen LogP contribution in [0.15, 0.2) is 47.1 Å². The molecule has 6 nitrogen and oxygen atoms in total. The molecule has 1 aromatic heterocycles. The summed E-state index contributed by atoms with van der Waals surface area (Å²) in [5.41, 5.74) is 1.78. The molecule has 1 unspecified atom stereocenters. The molecule has 1 saturated heterocycles. The minimum absolute atomic E-state index is 0.0316. The molecule has 0 spiro atoms. The molecule has 1 aliphatic heterocycles. The normalized spacial score (nSPS) is 16.7. The van der Waals surface area contributed by atoms with Gasteiger partial charge in [-0.2, -0.15) is 0 Å². The lowest BCUT2D eigenvalue weighted by Gasteiger charge is -2.18. The third-order valence-electron chi connectivity index (χ3n) is 4.37. The van der Waals surface area contributed by atoms with Crippen molar-refractivity contribution in [3.8, 4) is 0 Å². The summed E-state index contributed by atoms with van der Waals surface area (Å²) in [7, 11) is 3.84. The van der Waals surface area contributed by atoms with Gasteiger partial charge in [0, 0.05) is 44.3 Å². The van der Waals surface area contributed by atoms with Crippen LogP contribution in [0.25, 0.3) is 0 Å². The van der Waals surface area contributed by atoms with Gasteiger partial charge in [-0.25, -0.2) is 4.98 Å². The highest BCUT2D eigenvalue weighted by molar-refractivity contribution is 9.10. The van der Waals surface area contributed by atoms with Crippen molar-refractivity contribution in [3.05, 3.63) is 52.6 Å². The maximum Gasteiger partial charge on any atom is 0.227 e. The number of amides is 2. The molecule has 0 saturated carbocycles. The lowest BCUT2D eigenvalue weighted by molar-refractivity contribution is -0.126. The van der Waals surface area contributed by atoms with Crippen molar-refractivity contribution in [3.63, 3.8) is 0 Å². The first-order chi connectivity index (χ1) is 12.5. The fourth-order valence-electron chi connectivity index (χ4n) is 2.94. The molecule has 136 valence electrons. The summed E-state index contributed by atoms with van der Waals surface area (Å²) >= 11 is 3.47. The van der Waals surface area contributed by atoms with E-state index >= 15 is 0 Å². The van der Waals surface area contributed by atoms with Crippen LogP contribution in [0.2, 0.25) is 0 Å². The number of benzene rings is 1. The first-order valence-electron chi connectivity index (χ1n) is 8.40. The zero-order valence-electron chi connectivity index (χ0n) is 14.8. The van der Waals surface area contributed by atoms with Crippen molar-refractivity contribution < 1.29 is 9.59 Å². The first-order valence-corrected chi connectivity index (χ1v) is 9.20. The van der Waals surface area contributed by atoms with Crippen LogP contribution < -0.4 is 15.1 Å². The first kappa shape index (κ1) is 18.4. The largest absolute Gasteiger partial charge is 0.363 e. The number of carbonyl (C=O) groups excluding carboxylic acids is 2. The Kier molecular flexibility index (Phi) is 5.56. The molecule has 0 radical (unpaired) electrons. The van der Waals surface area contributed by atoms with Gasteiger partial charge in [0.2, 0.25) is 11.8 Å². The van der Waals surface area contributed by atoms with Crippen molar-refractivity contribution in [2.24, 2.45) is 5.92 Å². The molecule has 0 bridgehead atoms. The van der Waals surface area contributed by atoms with Crippen LogP contribution in [0, 0.1) is 5.92 Å². The Bertz CT molecular complexity index is 825. The van der Waals surface area contributed by atoms with E-state index in [-0.39, 0.29) is 24.2 Å². The summed E-state index contributed by atoms with van der Waals surface area (Å²) in [6, 6.07) is 11.4. The number of hydrogen-bond donors (Lipinski definition) is 1. The van der Waals surface area contributed by atoms with Gasteiger partial charge in [0.25, 0.3) is 0 Å². The second-order valence-electron chi connectivity index (χ2n) is 6.49. The second-order valence-corrected chi connectivity index (χ2v) is 7.35. The maximum atomic E-state index is 12.5. The number of carbonyl (C=O) groups is 2. The molecule has 2 heterocycles. The molecule has 1 aromatic carbocycles. The zero-order chi connectivity index (χ0) is 18.7. The van der Waals surface area contributed by atoms with E-state index in [9.17, 15) is 9.59 Å². The standard InChI is InChI=1S/C19H21BrN4O2/c1-23(2)17-9-13(7-8-21-17)11-22-19(26)14-10-18(25)24(12-14)16-6-4-3-5-15(16)20/h3-9,14H,10-12H2,1-2H3,(H,22,26). The maximum absolute atomic E-state index is 12.5. The summed E-state index contributed by atoms with van der Waals surface area (Å²) in [5, 5.41) is 2.94. The average Bonchev–Trinajstić information content (AvgIpc) is 3.02. The number of pyridine rings is 1. The van der Waals surface area contributed by atoms with Gasteiger partial charge in [-0.1, -0.05) is 12.1 Å². The quantitative estimate of drug-likeness (QED) is 0.813. The summed E-state index contributed by atoms with van der Waals surface area (Å²) in [4.78, 5) is 32.7. The Morgan fingerprint density at radius 3 is 2.85 bits per heavy atom. The van der Waals surface area contributed by atoms with E-state index in [1.807, 2.05) is 55.4 Å². The Balaban J connectivity index is 1.62. The van der Waals surface area contributed by atoms with Gasteiger partial charge in [-0.3, -0.25) is 9.59 Å². The zero-order valence-corrected chi connectivity index (χ0v) is 16.4. The van der Waals surface area contributed by atoms with Gasteiger partial charge in [0.1, 0.15) is 5.82 Å². The van der Waals surface area contributed by atoms with Gasteiger partial charge in [-0.05, 0) is 45.8 Å². The van der Waals surface area contributed by atoms with Crippen molar-refractivity contribution in [1.82, 2.24) is 10.3 Å². The highest BCUT2D eigenvalue weighted by atomic mass is 79.9. The molecule has 2 aromatic rings. The van der Waals surface area contributed by atoms with Gasteiger partial charge in [0.05, 0.1) is 11.6 Å². The summed E-state index contributed by atoms with van der Waals surface area (Å²) < 4.78 is 0.849. The van der Waals surface area contributed by atoms with E-state index in [0.717, 1.165) is 21.5 Å². The van der Waals surface area contributed by atoms with E-state index in [4.69, 9.17) is 0 Å². The van der Waals surface area contributed by atoms with E-state index in [1.165, 1.54) is 0 Å². The van der Waals surface area contributed by atoms with Gasteiger partial charge in [0.15, 0.2) is 0 Å². The minimum atomic E-state index is -0.343. The Morgan fingerprint density at radius 1 is 1.35 bits per heavy atom. The molecular formula is C19H21BrN4O2. The number of anilines is 2. The molecule has 7 heteroatoms. The monoisotopic (exact) mass is 416 g/mol. The third-order valence-corrected chi connectivity index (χ3v) is 5.04. The highest BCUT2D eigenvalue weighted by Crippen LogP contribution is 2.31. The third kappa shape index (κ3) is 4.04. The topological polar surface area (TPSA) is 65.5 Å². The van der Waals surface area contributed by atoms with Gasteiger partial charge in [-0.15, -0.1) is 0 Å². The van der Waals surface area contributed by atoms with E-state index in [0.29, 0.717) is 13.1 Å². The Labute approximate surface area is 161 Å². The molecule has 26 heavy (non-hydrogen) atoms. The summed E-state index contributed by atoms with van der Waals surface area (Å²) in [6.07, 6.45) is 1.96. The predicted octanol–water partition coefficient (Wildman–Crippen LogP) is 2.58. The van der Waals surface area contributed by atoms with E-state index < -0.39 is 0 Å². The number of halogens is 1. The van der Waals surface area contributed by atoms with Crippen LogP contribution in [0.5, 0.6) is 0 Å². The molecule has 1 fully saturated rings. The van der Waals surface area contributed by atoms with Crippen molar-refractivity contribution in [2.75, 3.05) is 30.4 Å². The second kappa shape index (κ2) is 7.86. The lowest BCUT2D eigenvalue weighted by atomic mass is 10.1. The molecule has 0 aliphatic carbocycles. The molecule has 3 rings (SSSR count). The Morgan fingerprint density at radius 2 is 2.12 bits per heavy atom. The number of para-hydroxylation sites is 1. The number of nitrogens with one attached hydrogen (secondary N) is 1. The average molecular weight is 417 g/mol. The summed E-state index contributed by atoms with van der Waals surface area (Å²) in [5.74, 6) is 0.365. The molecular weight excluding hydrogens is 396 g/mol. The fraction of sp³-hybridized carbons (Fsp3) is 0.316. The number of rotatable bonds is 5. The van der Waals surface area contributed by atoms with Crippen LogP contribution in [0.1, 0.15) is 12.0 Å². The van der Waals surface area contributed by atoms with Crippen molar-refractivity contribution >= 4 is 39.2 Å². The molecule has 1 N–H and O–H groups in total. The lowest BCUT2D eigenvalue weighted by Crippen LogP contribution is -2.32. The molecule has 1 atom stereocenters. The molecule has 1 aliphatic rings. The SMILES string of the molecule is CN(C)c1cc(CNC(=O)C2CC(=O)N(c3ccccc3Br)C2)ccn1. The van der Waals surface area contributed by atoms with Crippen LogP contribution in [0.3, 0.4) is 0 Å². The number of aromatic nitrogens is 1. The van der Waals surface area contributed by atoms with E-state index in [2.05, 4.69) is 26.2 Å². The summed E-state index contributed by atoms with van der Waals surface area (Å²) in [6.45, 7) is 0.814. The Hall–Kier alpha value is -2.41. The molecule has 2 amide bonds. The van der Waals surface area contributed by atoms with Gasteiger partial charge >= 0.3 is 0 Å². The van der Waals surface area contributed by atoms with Crippen molar-refractivity contribution in [2.45, 2.75) is 13.0 Å². The minimum Gasteiger partial charge on any atom is -0.363 e. The van der Waals surface area contributed by atoms with Crippen molar-refractivity contribution in [1.29, 1.82) is 0 Å². The fourth-order valence-corrected chi connectivity index (χ4v) is 3.43. The number of nitrogens with zero attached hydrogens (tertiary/aromatic N) is 3. The van der Waals surface area contributed by atoms with E-state index in [1.54, 1.807) is 11.1 Å². The van der Waals surface area contributed by atoms with Gasteiger partial charge < -0.3 is 15.1 Å². The smallest absolute Gasteiger partial charge is 0.227 e. The predicted molar refractivity (Wildman–Crippen MR) is 105 cm³/mol. The number of hydrogen-bond acceptors (Lipinski definition) is 4. The van der Waals surface area contributed by atoms with Crippen LogP contribution in [0.4, 0.5) is 11.5 Å². The highest BCUT2D eigenvalue weighted by Gasteiger charge is 2.35. The van der Waals surface area contributed by atoms with Crippen LogP contribution in [-0.2, 0) is 16.1 Å². The van der Waals surface area contributed by atoms with Crippen LogP contribution >= 0.6 is 15.9 Å².